The van der Waals surface area contributed by atoms with Crippen molar-refractivity contribution in [2.45, 2.75) is 6.92 Å². The number of esters is 1. The fraction of sp³-hybridized carbons (Fsp3) is 0.300. The second-order valence-electron chi connectivity index (χ2n) is 6.27. The number of carbonyl (C=O) groups excluding carboxylic acids is 2. The number of sulfonamides is 1. The summed E-state index contributed by atoms with van der Waals surface area (Å²) in [6.45, 7) is 1.39. The second-order valence-corrected chi connectivity index (χ2v) is 8.59. The van der Waals surface area contributed by atoms with Crippen LogP contribution in [0.3, 0.4) is 0 Å². The molecule has 11 heteroatoms. The zero-order valence-electron chi connectivity index (χ0n) is 17.5. The molecule has 0 fully saturated rings. The minimum atomic E-state index is -3.80. The Bertz CT molecular complexity index is 1070. The van der Waals surface area contributed by atoms with E-state index >= 15 is 0 Å². The number of anilines is 2. The smallest absolute Gasteiger partial charge is 0.338 e. The van der Waals surface area contributed by atoms with Crippen LogP contribution in [0.15, 0.2) is 36.4 Å². The Hall–Kier alpha value is -2.98. The maximum absolute atomic E-state index is 12.6. The van der Waals surface area contributed by atoms with Crippen molar-refractivity contribution in [3.63, 3.8) is 0 Å². The number of benzene rings is 2. The van der Waals surface area contributed by atoms with Gasteiger partial charge in [0.2, 0.25) is 15.9 Å². The van der Waals surface area contributed by atoms with Crippen molar-refractivity contribution < 1.29 is 32.2 Å². The van der Waals surface area contributed by atoms with Crippen molar-refractivity contribution >= 4 is 44.9 Å². The topological polar surface area (TPSA) is 111 Å². The van der Waals surface area contributed by atoms with E-state index in [2.05, 4.69) is 5.32 Å². The van der Waals surface area contributed by atoms with E-state index in [9.17, 15) is 18.0 Å². The van der Waals surface area contributed by atoms with Gasteiger partial charge in [-0.1, -0.05) is 11.6 Å². The summed E-state index contributed by atoms with van der Waals surface area (Å²) in [6, 6.07) is 8.73. The molecule has 9 nitrogen and oxygen atoms in total. The third kappa shape index (κ3) is 6.25. The van der Waals surface area contributed by atoms with Gasteiger partial charge < -0.3 is 19.5 Å². The average molecular weight is 471 g/mol. The van der Waals surface area contributed by atoms with Crippen LogP contribution in [0.1, 0.15) is 17.3 Å². The Morgan fingerprint density at radius 2 is 1.74 bits per heavy atom. The van der Waals surface area contributed by atoms with E-state index in [1.807, 2.05) is 0 Å². The summed E-state index contributed by atoms with van der Waals surface area (Å²) >= 11 is 6.15. The van der Waals surface area contributed by atoms with Gasteiger partial charge in [0, 0.05) is 6.07 Å². The van der Waals surface area contributed by atoms with Gasteiger partial charge >= 0.3 is 5.97 Å². The average Bonchev–Trinajstić information content (AvgIpc) is 2.72. The number of methoxy groups -OCH3 is 2. The lowest BCUT2D eigenvalue weighted by Crippen LogP contribution is -2.37. The first-order chi connectivity index (χ1) is 14.6. The summed E-state index contributed by atoms with van der Waals surface area (Å²) in [5.41, 5.74) is 0.674. The van der Waals surface area contributed by atoms with Gasteiger partial charge in [-0.2, -0.15) is 0 Å². The van der Waals surface area contributed by atoms with Crippen molar-refractivity contribution in [2.24, 2.45) is 0 Å². The Morgan fingerprint density at radius 3 is 2.29 bits per heavy atom. The third-order valence-electron chi connectivity index (χ3n) is 4.10. The molecule has 0 saturated heterocycles. The SMILES string of the molecule is CCOC(=O)c1ccc(NC(=O)CN(c2ccc(OC)c(OC)c2)S(C)(=O)=O)c(Cl)c1. The largest absolute Gasteiger partial charge is 0.493 e. The molecule has 0 bridgehead atoms. The van der Waals surface area contributed by atoms with E-state index in [0.29, 0.717) is 11.5 Å². The Kier molecular flexibility index (Phi) is 8.12. The molecule has 0 saturated carbocycles. The monoisotopic (exact) mass is 470 g/mol. The number of hydrogen-bond acceptors (Lipinski definition) is 7. The molecular formula is C20H23ClN2O7S. The Labute approximate surface area is 185 Å². The lowest BCUT2D eigenvalue weighted by atomic mass is 10.2. The number of hydrogen-bond donors (Lipinski definition) is 1. The summed E-state index contributed by atoms with van der Waals surface area (Å²) in [7, 11) is -0.930. The fourth-order valence-electron chi connectivity index (χ4n) is 2.66. The highest BCUT2D eigenvalue weighted by molar-refractivity contribution is 7.92. The van der Waals surface area contributed by atoms with Gasteiger partial charge in [-0.15, -0.1) is 0 Å². The summed E-state index contributed by atoms with van der Waals surface area (Å²) in [6.07, 6.45) is 0.984. The molecule has 0 aliphatic rings. The minimum Gasteiger partial charge on any atom is -0.493 e. The lowest BCUT2D eigenvalue weighted by Gasteiger charge is -2.23. The lowest BCUT2D eigenvalue weighted by molar-refractivity contribution is -0.114. The number of amides is 1. The van der Waals surface area contributed by atoms with Gasteiger partial charge in [-0.25, -0.2) is 13.2 Å². The fourth-order valence-corrected chi connectivity index (χ4v) is 3.73. The molecule has 2 aromatic rings. The minimum absolute atomic E-state index is 0.107. The molecule has 1 N–H and O–H groups in total. The molecule has 0 spiro atoms. The van der Waals surface area contributed by atoms with E-state index in [1.54, 1.807) is 6.92 Å². The van der Waals surface area contributed by atoms with Crippen LogP contribution in [0, 0.1) is 0 Å². The van der Waals surface area contributed by atoms with Crippen molar-refractivity contribution in [3.8, 4) is 11.5 Å². The number of rotatable bonds is 9. The molecule has 0 radical (unpaired) electrons. The van der Waals surface area contributed by atoms with Crippen LogP contribution in [-0.2, 0) is 19.6 Å². The molecule has 0 unspecified atom stereocenters. The maximum atomic E-state index is 12.6. The van der Waals surface area contributed by atoms with Crippen LogP contribution in [-0.4, -0.2) is 53.9 Å². The highest BCUT2D eigenvalue weighted by Crippen LogP contribution is 2.32. The molecular weight excluding hydrogens is 448 g/mol. The highest BCUT2D eigenvalue weighted by Gasteiger charge is 2.23. The van der Waals surface area contributed by atoms with E-state index in [0.717, 1.165) is 10.6 Å². The molecule has 168 valence electrons. The number of halogens is 1. The van der Waals surface area contributed by atoms with E-state index in [-0.39, 0.29) is 28.6 Å². The quantitative estimate of drug-likeness (QED) is 0.561. The predicted octanol–water partition coefficient (Wildman–Crippen LogP) is 2.94. The Balaban J connectivity index is 2.24. The van der Waals surface area contributed by atoms with E-state index < -0.39 is 28.4 Å². The van der Waals surface area contributed by atoms with Crippen LogP contribution in [0.5, 0.6) is 11.5 Å². The molecule has 2 rings (SSSR count). The molecule has 0 aliphatic carbocycles. The predicted molar refractivity (Wildman–Crippen MR) is 118 cm³/mol. The zero-order valence-corrected chi connectivity index (χ0v) is 19.0. The first-order valence-electron chi connectivity index (χ1n) is 9.07. The van der Waals surface area contributed by atoms with Gasteiger partial charge in [-0.05, 0) is 37.3 Å². The van der Waals surface area contributed by atoms with Crippen LogP contribution >= 0.6 is 11.6 Å². The number of nitrogens with zero attached hydrogens (tertiary/aromatic N) is 1. The number of nitrogens with one attached hydrogen (secondary N) is 1. The first-order valence-corrected chi connectivity index (χ1v) is 11.3. The van der Waals surface area contributed by atoms with E-state index in [4.69, 9.17) is 25.8 Å². The molecule has 31 heavy (non-hydrogen) atoms. The summed E-state index contributed by atoms with van der Waals surface area (Å²) in [5.74, 6) is -0.450. The summed E-state index contributed by atoms with van der Waals surface area (Å²) in [5, 5.41) is 2.65. The van der Waals surface area contributed by atoms with Crippen LogP contribution in [0.4, 0.5) is 11.4 Å². The molecule has 0 heterocycles. The van der Waals surface area contributed by atoms with Gasteiger partial charge in [0.1, 0.15) is 6.54 Å². The summed E-state index contributed by atoms with van der Waals surface area (Å²) in [4.78, 5) is 24.4. The Morgan fingerprint density at radius 1 is 1.06 bits per heavy atom. The van der Waals surface area contributed by atoms with Crippen molar-refractivity contribution in [2.75, 3.05) is 43.2 Å². The first kappa shape index (κ1) is 24.3. The standard InChI is InChI=1S/C20H23ClN2O7S/c1-5-30-20(25)13-6-8-16(15(21)10-13)22-19(24)12-23(31(4,26)27)14-7-9-17(28-2)18(11-14)29-3/h6-11H,5,12H2,1-4H3,(H,22,24). The van der Waals surface area contributed by atoms with Gasteiger partial charge in [0.05, 0.1) is 49.0 Å². The summed E-state index contributed by atoms with van der Waals surface area (Å²) < 4.78 is 40.8. The highest BCUT2D eigenvalue weighted by atomic mass is 35.5. The van der Waals surface area contributed by atoms with Gasteiger partial charge in [0.25, 0.3) is 0 Å². The molecule has 2 aromatic carbocycles. The zero-order chi connectivity index (χ0) is 23.2. The number of carbonyl (C=O) groups is 2. The number of ether oxygens (including phenoxy) is 3. The maximum Gasteiger partial charge on any atom is 0.338 e. The van der Waals surface area contributed by atoms with Gasteiger partial charge in [0.15, 0.2) is 11.5 Å². The van der Waals surface area contributed by atoms with E-state index in [1.165, 1.54) is 50.6 Å². The molecule has 0 atom stereocenters. The van der Waals surface area contributed by atoms with Gasteiger partial charge in [-0.3, -0.25) is 9.10 Å². The van der Waals surface area contributed by atoms with Crippen molar-refractivity contribution in [1.29, 1.82) is 0 Å². The molecule has 0 aromatic heterocycles. The second kappa shape index (κ2) is 10.4. The molecule has 1 amide bonds. The van der Waals surface area contributed by atoms with Crippen LogP contribution in [0.25, 0.3) is 0 Å². The van der Waals surface area contributed by atoms with Crippen LogP contribution in [0.2, 0.25) is 5.02 Å². The van der Waals surface area contributed by atoms with Crippen molar-refractivity contribution in [3.05, 3.63) is 47.0 Å². The van der Waals surface area contributed by atoms with Crippen LogP contribution < -0.4 is 19.1 Å². The third-order valence-corrected chi connectivity index (χ3v) is 5.55. The molecule has 0 aliphatic heterocycles. The normalized spacial score (nSPS) is 10.9. The van der Waals surface area contributed by atoms with Crippen molar-refractivity contribution in [1.82, 2.24) is 0 Å².